The van der Waals surface area contributed by atoms with Gasteiger partial charge in [-0.2, -0.15) is 0 Å². The van der Waals surface area contributed by atoms with Crippen LogP contribution in [0.4, 0.5) is 4.79 Å². The standard InChI is InChI=1S/C16H31N3O4/c1-16(2,3)23-15(22)17-8-7-14(21)18-13(12-20)11-19-9-5-4-6-10-19/h13,20H,4-12H2,1-3H3,(H,17,22)(H,18,21)/t13-/m0/s1. The van der Waals surface area contributed by atoms with Crippen LogP contribution >= 0.6 is 0 Å². The van der Waals surface area contributed by atoms with Crippen molar-refractivity contribution in [1.29, 1.82) is 0 Å². The third kappa shape index (κ3) is 9.40. The highest BCUT2D eigenvalue weighted by atomic mass is 16.6. The van der Waals surface area contributed by atoms with Gasteiger partial charge in [0.15, 0.2) is 0 Å². The molecule has 1 saturated heterocycles. The quantitative estimate of drug-likeness (QED) is 0.644. The molecule has 134 valence electrons. The monoisotopic (exact) mass is 329 g/mol. The molecule has 0 aliphatic carbocycles. The lowest BCUT2D eigenvalue weighted by Gasteiger charge is -2.30. The average molecular weight is 329 g/mol. The fourth-order valence-electron chi connectivity index (χ4n) is 2.49. The van der Waals surface area contributed by atoms with Crippen molar-refractivity contribution in [2.75, 3.05) is 32.8 Å². The zero-order chi connectivity index (χ0) is 17.3. The molecule has 0 unspecified atom stereocenters. The number of ether oxygens (including phenoxy) is 1. The molecular weight excluding hydrogens is 298 g/mol. The third-order valence-electron chi connectivity index (χ3n) is 3.53. The minimum Gasteiger partial charge on any atom is -0.444 e. The Kier molecular flexibility index (Phi) is 8.33. The smallest absolute Gasteiger partial charge is 0.407 e. The van der Waals surface area contributed by atoms with Crippen molar-refractivity contribution in [3.8, 4) is 0 Å². The Hall–Kier alpha value is -1.34. The minimum atomic E-state index is -0.553. The van der Waals surface area contributed by atoms with Crippen LogP contribution < -0.4 is 10.6 Å². The van der Waals surface area contributed by atoms with Crippen LogP contribution in [0.3, 0.4) is 0 Å². The van der Waals surface area contributed by atoms with E-state index in [1.54, 1.807) is 20.8 Å². The Morgan fingerprint density at radius 2 is 1.87 bits per heavy atom. The van der Waals surface area contributed by atoms with E-state index in [-0.39, 0.29) is 31.5 Å². The molecule has 7 nitrogen and oxygen atoms in total. The van der Waals surface area contributed by atoms with Gasteiger partial charge < -0.3 is 25.4 Å². The Morgan fingerprint density at radius 3 is 2.43 bits per heavy atom. The lowest BCUT2D eigenvalue weighted by atomic mass is 10.1. The molecule has 1 heterocycles. The fraction of sp³-hybridized carbons (Fsp3) is 0.875. The number of piperidine rings is 1. The molecule has 0 bridgehead atoms. The van der Waals surface area contributed by atoms with Crippen molar-refractivity contribution in [3.63, 3.8) is 0 Å². The number of likely N-dealkylation sites (tertiary alicyclic amines) is 1. The number of aliphatic hydroxyl groups excluding tert-OH is 1. The van der Waals surface area contributed by atoms with Crippen LogP contribution in [0, 0.1) is 0 Å². The van der Waals surface area contributed by atoms with Gasteiger partial charge in [0.2, 0.25) is 5.91 Å². The van der Waals surface area contributed by atoms with E-state index in [9.17, 15) is 14.7 Å². The molecular formula is C16H31N3O4. The number of nitrogens with zero attached hydrogens (tertiary/aromatic N) is 1. The van der Waals surface area contributed by atoms with Crippen LogP contribution in [-0.2, 0) is 9.53 Å². The summed E-state index contributed by atoms with van der Waals surface area (Å²) < 4.78 is 5.09. The number of rotatable bonds is 7. The topological polar surface area (TPSA) is 90.9 Å². The highest BCUT2D eigenvalue weighted by Gasteiger charge is 2.18. The SMILES string of the molecule is CC(C)(C)OC(=O)NCCC(=O)N[C@H](CO)CN1CCCCC1. The molecule has 1 aliphatic rings. The van der Waals surface area contributed by atoms with Gasteiger partial charge in [0.05, 0.1) is 12.6 Å². The molecule has 7 heteroatoms. The van der Waals surface area contributed by atoms with Crippen molar-refractivity contribution >= 4 is 12.0 Å². The molecule has 0 spiro atoms. The second-order valence-corrected chi connectivity index (χ2v) is 6.99. The first-order valence-electron chi connectivity index (χ1n) is 8.39. The van der Waals surface area contributed by atoms with Crippen LogP contribution in [-0.4, -0.2) is 66.4 Å². The Morgan fingerprint density at radius 1 is 1.22 bits per heavy atom. The Bertz CT molecular complexity index is 376. The summed E-state index contributed by atoms with van der Waals surface area (Å²) in [6.07, 6.45) is 3.23. The summed E-state index contributed by atoms with van der Waals surface area (Å²) in [5.74, 6) is -0.183. The van der Waals surface area contributed by atoms with Gasteiger partial charge in [-0.15, -0.1) is 0 Å². The molecule has 0 radical (unpaired) electrons. The third-order valence-corrected chi connectivity index (χ3v) is 3.53. The molecule has 1 aliphatic heterocycles. The summed E-state index contributed by atoms with van der Waals surface area (Å²) in [6, 6.07) is -0.262. The highest BCUT2D eigenvalue weighted by Crippen LogP contribution is 2.09. The lowest BCUT2D eigenvalue weighted by Crippen LogP contribution is -2.47. The maximum atomic E-state index is 11.9. The molecule has 0 aromatic heterocycles. The lowest BCUT2D eigenvalue weighted by molar-refractivity contribution is -0.122. The van der Waals surface area contributed by atoms with Crippen LogP contribution in [0.2, 0.25) is 0 Å². The van der Waals surface area contributed by atoms with E-state index in [2.05, 4.69) is 15.5 Å². The molecule has 1 rings (SSSR count). The van der Waals surface area contributed by atoms with E-state index in [1.165, 1.54) is 19.3 Å². The second kappa shape index (κ2) is 9.72. The van der Waals surface area contributed by atoms with Gasteiger partial charge in [-0.3, -0.25) is 4.79 Å². The number of alkyl carbamates (subject to hydrolysis) is 1. The molecule has 1 atom stereocenters. The molecule has 23 heavy (non-hydrogen) atoms. The fourth-order valence-corrected chi connectivity index (χ4v) is 2.49. The highest BCUT2D eigenvalue weighted by molar-refractivity contribution is 5.77. The number of hydrogen-bond donors (Lipinski definition) is 3. The predicted molar refractivity (Wildman–Crippen MR) is 88.2 cm³/mol. The predicted octanol–water partition coefficient (Wildman–Crippen LogP) is 0.864. The van der Waals surface area contributed by atoms with Crippen LogP contribution in [0.5, 0.6) is 0 Å². The first kappa shape index (κ1) is 19.7. The van der Waals surface area contributed by atoms with E-state index < -0.39 is 11.7 Å². The van der Waals surface area contributed by atoms with Gasteiger partial charge >= 0.3 is 6.09 Å². The molecule has 1 fully saturated rings. The van der Waals surface area contributed by atoms with Gasteiger partial charge in [-0.05, 0) is 46.7 Å². The van der Waals surface area contributed by atoms with Gasteiger partial charge in [0.25, 0.3) is 0 Å². The van der Waals surface area contributed by atoms with Crippen LogP contribution in [0.1, 0.15) is 46.5 Å². The van der Waals surface area contributed by atoms with Crippen molar-refractivity contribution < 1.29 is 19.4 Å². The largest absolute Gasteiger partial charge is 0.444 e. The summed E-state index contributed by atoms with van der Waals surface area (Å²) in [5, 5.41) is 14.8. The maximum Gasteiger partial charge on any atom is 0.407 e. The second-order valence-electron chi connectivity index (χ2n) is 6.99. The summed E-state index contributed by atoms with van der Waals surface area (Å²) in [4.78, 5) is 25.6. The Labute approximate surface area is 138 Å². The number of nitrogens with one attached hydrogen (secondary N) is 2. The van der Waals surface area contributed by atoms with E-state index in [1.807, 2.05) is 0 Å². The van der Waals surface area contributed by atoms with E-state index in [4.69, 9.17) is 4.74 Å². The van der Waals surface area contributed by atoms with Crippen molar-refractivity contribution in [2.24, 2.45) is 0 Å². The van der Waals surface area contributed by atoms with E-state index in [0.717, 1.165) is 13.1 Å². The van der Waals surface area contributed by atoms with E-state index >= 15 is 0 Å². The molecule has 0 aromatic carbocycles. The average Bonchev–Trinajstić information content (AvgIpc) is 2.45. The summed E-state index contributed by atoms with van der Waals surface area (Å²) in [6.45, 7) is 8.19. The number of carbonyl (C=O) groups excluding carboxylic acids is 2. The zero-order valence-electron chi connectivity index (χ0n) is 14.6. The summed E-state index contributed by atoms with van der Waals surface area (Å²) in [5.41, 5.74) is -0.553. The minimum absolute atomic E-state index is 0.0816. The van der Waals surface area contributed by atoms with Crippen LogP contribution in [0.15, 0.2) is 0 Å². The van der Waals surface area contributed by atoms with Gasteiger partial charge in [0, 0.05) is 19.5 Å². The normalized spacial score (nSPS) is 17.4. The van der Waals surface area contributed by atoms with Gasteiger partial charge in [0.1, 0.15) is 5.60 Å². The summed E-state index contributed by atoms with van der Waals surface area (Å²) >= 11 is 0. The van der Waals surface area contributed by atoms with Crippen LogP contribution in [0.25, 0.3) is 0 Å². The van der Waals surface area contributed by atoms with Crippen molar-refractivity contribution in [2.45, 2.75) is 58.1 Å². The number of aliphatic hydroxyl groups is 1. The van der Waals surface area contributed by atoms with Gasteiger partial charge in [-0.25, -0.2) is 4.79 Å². The van der Waals surface area contributed by atoms with Crippen molar-refractivity contribution in [3.05, 3.63) is 0 Å². The van der Waals surface area contributed by atoms with Crippen molar-refractivity contribution in [1.82, 2.24) is 15.5 Å². The Balaban J connectivity index is 2.21. The number of amides is 2. The number of hydrogen-bond acceptors (Lipinski definition) is 5. The van der Waals surface area contributed by atoms with E-state index in [0.29, 0.717) is 6.54 Å². The molecule has 0 saturated carbocycles. The zero-order valence-corrected chi connectivity index (χ0v) is 14.6. The molecule has 2 amide bonds. The first-order valence-corrected chi connectivity index (χ1v) is 8.39. The van der Waals surface area contributed by atoms with Gasteiger partial charge in [-0.1, -0.05) is 6.42 Å². The number of carbonyl (C=O) groups is 2. The maximum absolute atomic E-state index is 11.9. The first-order chi connectivity index (χ1) is 10.8. The molecule has 3 N–H and O–H groups in total. The molecule has 0 aromatic rings. The summed E-state index contributed by atoms with van der Waals surface area (Å²) in [7, 11) is 0.